The first-order valence-corrected chi connectivity index (χ1v) is 8.25. The molecule has 0 bridgehead atoms. The van der Waals surface area contributed by atoms with Gasteiger partial charge in [0.1, 0.15) is 5.82 Å². The molecule has 0 unspecified atom stereocenters. The van der Waals surface area contributed by atoms with Crippen molar-refractivity contribution < 1.29 is 4.79 Å². The van der Waals surface area contributed by atoms with E-state index in [9.17, 15) is 4.79 Å². The van der Waals surface area contributed by atoms with Gasteiger partial charge >= 0.3 is 0 Å². The van der Waals surface area contributed by atoms with Gasteiger partial charge in [0.25, 0.3) is 5.91 Å². The molecule has 1 aliphatic rings. The number of benzene rings is 3. The first kappa shape index (κ1) is 15.2. The number of hydrogen-bond donors (Lipinski definition) is 0. The van der Waals surface area contributed by atoms with Crippen LogP contribution in [0, 0.1) is 0 Å². The van der Waals surface area contributed by atoms with Crippen molar-refractivity contribution >= 4 is 22.9 Å². The number of carbonyl (C=O) groups is 1. The molecule has 1 heterocycles. The molecule has 1 amide bonds. The number of para-hydroxylation sites is 2. The van der Waals surface area contributed by atoms with Gasteiger partial charge in [-0.25, -0.2) is 0 Å². The van der Waals surface area contributed by atoms with E-state index in [0.717, 1.165) is 28.3 Å². The van der Waals surface area contributed by atoms with Gasteiger partial charge in [0.05, 0.1) is 11.3 Å². The number of hydrogen-bond acceptors (Lipinski definition) is 2. The monoisotopic (exact) mass is 326 g/mol. The quantitative estimate of drug-likeness (QED) is 0.703. The zero-order valence-corrected chi connectivity index (χ0v) is 14.0. The third-order valence-corrected chi connectivity index (χ3v) is 4.39. The maximum Gasteiger partial charge on any atom is 0.268 e. The van der Waals surface area contributed by atoms with Gasteiger partial charge in [0, 0.05) is 12.7 Å². The molecule has 3 aromatic rings. The van der Waals surface area contributed by atoms with Gasteiger partial charge in [-0.1, -0.05) is 66.7 Å². The molecule has 122 valence electrons. The molecule has 0 N–H and O–H groups in total. The maximum absolute atomic E-state index is 13.0. The molecule has 25 heavy (non-hydrogen) atoms. The number of amides is 1. The summed E-state index contributed by atoms with van der Waals surface area (Å²) in [4.78, 5) is 16.8. The molecule has 3 heteroatoms. The van der Waals surface area contributed by atoms with Crippen molar-refractivity contribution in [1.82, 2.24) is 0 Å². The number of rotatable bonds is 4. The minimum absolute atomic E-state index is 0.0233. The van der Waals surface area contributed by atoms with E-state index in [1.165, 1.54) is 0 Å². The average molecular weight is 326 g/mol. The van der Waals surface area contributed by atoms with Crippen molar-refractivity contribution in [3.63, 3.8) is 0 Å². The molecule has 0 radical (unpaired) electrons. The highest BCUT2D eigenvalue weighted by Gasteiger charge is 2.40. The highest BCUT2D eigenvalue weighted by molar-refractivity contribution is 6.36. The van der Waals surface area contributed by atoms with Crippen LogP contribution in [0.2, 0.25) is 0 Å². The zero-order chi connectivity index (χ0) is 17.2. The van der Waals surface area contributed by atoms with Crippen LogP contribution in [-0.4, -0.2) is 13.0 Å². The van der Waals surface area contributed by atoms with Crippen molar-refractivity contribution in [1.29, 1.82) is 0 Å². The summed E-state index contributed by atoms with van der Waals surface area (Å²) in [7, 11) is 2.00. The van der Waals surface area contributed by atoms with E-state index in [4.69, 9.17) is 0 Å². The molecule has 0 fully saturated rings. The third kappa shape index (κ3) is 2.60. The Labute approximate surface area is 147 Å². The standard InChI is InChI=1S/C22H18N2O/c1-23(18-13-7-3-8-14-18)21-20(17-11-5-2-6-12-17)22(25)24(21)19-15-9-4-10-16-19/h2-16H,1H3. The summed E-state index contributed by atoms with van der Waals surface area (Å²) in [5.74, 6) is 0.920. The van der Waals surface area contributed by atoms with Crippen molar-refractivity contribution in [2.24, 2.45) is 0 Å². The molecule has 0 aromatic heterocycles. The number of nitrogens with zero attached hydrogens (tertiary/aromatic N) is 2. The maximum atomic E-state index is 13.0. The Morgan fingerprint density at radius 2 is 1.24 bits per heavy atom. The van der Waals surface area contributed by atoms with Gasteiger partial charge in [-0.15, -0.1) is 0 Å². The molecular weight excluding hydrogens is 308 g/mol. The van der Waals surface area contributed by atoms with Crippen molar-refractivity contribution in [3.8, 4) is 0 Å². The van der Waals surface area contributed by atoms with E-state index < -0.39 is 0 Å². The molecule has 3 nitrogen and oxygen atoms in total. The number of anilines is 2. The van der Waals surface area contributed by atoms with Gasteiger partial charge in [0.2, 0.25) is 0 Å². The van der Waals surface area contributed by atoms with Gasteiger partial charge in [-0.2, -0.15) is 0 Å². The Balaban J connectivity index is 1.85. The highest BCUT2D eigenvalue weighted by atomic mass is 16.2. The van der Waals surface area contributed by atoms with Crippen LogP contribution in [0.5, 0.6) is 0 Å². The Kier molecular flexibility index (Phi) is 3.82. The number of carbonyl (C=O) groups excluding carboxylic acids is 1. The van der Waals surface area contributed by atoms with Gasteiger partial charge < -0.3 is 4.90 Å². The lowest BCUT2D eigenvalue weighted by molar-refractivity contribution is -0.114. The van der Waals surface area contributed by atoms with Crippen LogP contribution in [0.4, 0.5) is 11.4 Å². The minimum Gasteiger partial charge on any atom is -0.330 e. The Morgan fingerprint density at radius 1 is 0.720 bits per heavy atom. The molecule has 0 aliphatic carbocycles. The fourth-order valence-electron chi connectivity index (χ4n) is 3.13. The summed E-state index contributed by atoms with van der Waals surface area (Å²) in [6.45, 7) is 0. The second-order valence-corrected chi connectivity index (χ2v) is 5.94. The third-order valence-electron chi connectivity index (χ3n) is 4.39. The Hall–Kier alpha value is -3.33. The van der Waals surface area contributed by atoms with E-state index in [1.54, 1.807) is 4.90 Å². The lowest BCUT2D eigenvalue weighted by Crippen LogP contribution is -2.48. The predicted molar refractivity (Wildman–Crippen MR) is 102 cm³/mol. The van der Waals surface area contributed by atoms with Crippen LogP contribution >= 0.6 is 0 Å². The molecule has 0 saturated heterocycles. The minimum atomic E-state index is 0.0233. The molecule has 3 aromatic carbocycles. The Bertz CT molecular complexity index is 918. The lowest BCUT2D eigenvalue weighted by atomic mass is 9.96. The molecular formula is C22H18N2O. The van der Waals surface area contributed by atoms with Crippen LogP contribution < -0.4 is 9.80 Å². The van der Waals surface area contributed by atoms with Crippen LogP contribution in [0.3, 0.4) is 0 Å². The molecule has 4 rings (SSSR count). The van der Waals surface area contributed by atoms with E-state index in [-0.39, 0.29) is 5.91 Å². The van der Waals surface area contributed by atoms with Gasteiger partial charge in [-0.05, 0) is 29.8 Å². The first-order chi connectivity index (χ1) is 12.3. The largest absolute Gasteiger partial charge is 0.330 e. The summed E-state index contributed by atoms with van der Waals surface area (Å²) in [6, 6.07) is 29.7. The van der Waals surface area contributed by atoms with Crippen LogP contribution in [0.1, 0.15) is 5.56 Å². The van der Waals surface area contributed by atoms with E-state index in [2.05, 4.69) is 4.90 Å². The molecule has 0 saturated carbocycles. The zero-order valence-electron chi connectivity index (χ0n) is 14.0. The predicted octanol–water partition coefficient (Wildman–Crippen LogP) is 4.54. The fraction of sp³-hybridized carbons (Fsp3) is 0.0455. The topological polar surface area (TPSA) is 23.6 Å². The fourth-order valence-corrected chi connectivity index (χ4v) is 3.13. The van der Waals surface area contributed by atoms with Crippen LogP contribution in [-0.2, 0) is 4.79 Å². The van der Waals surface area contributed by atoms with Crippen LogP contribution in [0.25, 0.3) is 5.57 Å². The van der Waals surface area contributed by atoms with Gasteiger partial charge in [0.15, 0.2) is 0 Å². The highest BCUT2D eigenvalue weighted by Crippen LogP contribution is 2.40. The smallest absolute Gasteiger partial charge is 0.268 e. The van der Waals surface area contributed by atoms with E-state index >= 15 is 0 Å². The average Bonchev–Trinajstić information content (AvgIpc) is 2.68. The summed E-state index contributed by atoms with van der Waals surface area (Å²) in [5.41, 5.74) is 3.61. The SMILES string of the molecule is CN(C1=C(c2ccccc2)C(=O)N1c1ccccc1)c1ccccc1. The molecule has 0 atom stereocenters. The summed E-state index contributed by atoms with van der Waals surface area (Å²) >= 11 is 0. The summed E-state index contributed by atoms with van der Waals surface area (Å²) < 4.78 is 0. The molecule has 0 spiro atoms. The van der Waals surface area contributed by atoms with Crippen molar-refractivity contribution in [2.45, 2.75) is 0 Å². The van der Waals surface area contributed by atoms with Gasteiger partial charge in [-0.3, -0.25) is 9.69 Å². The van der Waals surface area contributed by atoms with E-state index in [1.807, 2.05) is 98.0 Å². The Morgan fingerprint density at radius 3 is 1.84 bits per heavy atom. The lowest BCUT2D eigenvalue weighted by Gasteiger charge is -2.41. The first-order valence-electron chi connectivity index (χ1n) is 8.25. The van der Waals surface area contributed by atoms with Crippen molar-refractivity contribution in [2.75, 3.05) is 16.8 Å². The summed E-state index contributed by atoms with van der Waals surface area (Å²) in [6.07, 6.45) is 0. The molecule has 1 aliphatic heterocycles. The normalized spacial score (nSPS) is 13.6. The van der Waals surface area contributed by atoms with E-state index in [0.29, 0.717) is 0 Å². The summed E-state index contributed by atoms with van der Waals surface area (Å²) in [5, 5.41) is 0. The second-order valence-electron chi connectivity index (χ2n) is 5.94. The van der Waals surface area contributed by atoms with Crippen molar-refractivity contribution in [3.05, 3.63) is 102 Å². The van der Waals surface area contributed by atoms with Crippen LogP contribution in [0.15, 0.2) is 96.8 Å². The second kappa shape index (κ2) is 6.29.